The SMILES string of the molecule is CC(C)C(=O)N1CCN(C(=O)CCN2C(=O)C(C)Oc3ccccc32)CC1. The summed E-state index contributed by atoms with van der Waals surface area (Å²) in [5.74, 6) is 0.649. The lowest BCUT2D eigenvalue weighted by Crippen LogP contribution is -2.52. The Labute approximate surface area is 159 Å². The Balaban J connectivity index is 1.57. The number of hydrogen-bond acceptors (Lipinski definition) is 4. The van der Waals surface area contributed by atoms with Crippen molar-refractivity contribution in [2.75, 3.05) is 37.6 Å². The van der Waals surface area contributed by atoms with Crippen molar-refractivity contribution >= 4 is 23.4 Å². The van der Waals surface area contributed by atoms with Crippen LogP contribution in [0.3, 0.4) is 0 Å². The van der Waals surface area contributed by atoms with E-state index in [1.807, 2.05) is 43.0 Å². The number of nitrogens with zero attached hydrogens (tertiary/aromatic N) is 3. The Hall–Kier alpha value is -2.57. The Kier molecular flexibility index (Phi) is 5.68. The predicted molar refractivity (Wildman–Crippen MR) is 102 cm³/mol. The average molecular weight is 373 g/mol. The van der Waals surface area contributed by atoms with Crippen molar-refractivity contribution in [2.24, 2.45) is 5.92 Å². The van der Waals surface area contributed by atoms with Crippen molar-refractivity contribution in [1.29, 1.82) is 0 Å². The van der Waals surface area contributed by atoms with Crippen LogP contribution < -0.4 is 9.64 Å². The minimum atomic E-state index is -0.555. The summed E-state index contributed by atoms with van der Waals surface area (Å²) in [6.07, 6.45) is -0.300. The summed E-state index contributed by atoms with van der Waals surface area (Å²) in [7, 11) is 0. The summed E-state index contributed by atoms with van der Waals surface area (Å²) in [4.78, 5) is 42.4. The zero-order valence-corrected chi connectivity index (χ0v) is 16.2. The van der Waals surface area contributed by atoms with E-state index in [4.69, 9.17) is 4.74 Å². The molecular formula is C20H27N3O4. The van der Waals surface area contributed by atoms with E-state index in [9.17, 15) is 14.4 Å². The molecule has 146 valence electrons. The second-order valence-corrected chi connectivity index (χ2v) is 7.33. The molecule has 1 saturated heterocycles. The van der Waals surface area contributed by atoms with Crippen LogP contribution in [0, 0.1) is 5.92 Å². The molecule has 2 aliphatic heterocycles. The molecule has 7 heteroatoms. The Morgan fingerprint density at radius 1 is 1.11 bits per heavy atom. The number of carbonyl (C=O) groups is 3. The molecule has 7 nitrogen and oxygen atoms in total. The van der Waals surface area contributed by atoms with Crippen LogP contribution >= 0.6 is 0 Å². The molecule has 0 aromatic heterocycles. The van der Waals surface area contributed by atoms with Gasteiger partial charge in [-0.2, -0.15) is 0 Å². The normalized spacial score (nSPS) is 19.8. The minimum absolute atomic E-state index is 0.0103. The van der Waals surface area contributed by atoms with Crippen LogP contribution in [-0.2, 0) is 14.4 Å². The lowest BCUT2D eigenvalue weighted by molar-refractivity contribution is -0.141. The van der Waals surface area contributed by atoms with Crippen molar-refractivity contribution < 1.29 is 19.1 Å². The molecule has 2 heterocycles. The molecule has 1 aromatic rings. The van der Waals surface area contributed by atoms with E-state index in [1.54, 1.807) is 16.7 Å². The van der Waals surface area contributed by atoms with E-state index in [1.165, 1.54) is 0 Å². The summed E-state index contributed by atoms with van der Waals surface area (Å²) in [5.41, 5.74) is 0.709. The van der Waals surface area contributed by atoms with Crippen molar-refractivity contribution in [2.45, 2.75) is 33.3 Å². The highest BCUT2D eigenvalue weighted by atomic mass is 16.5. The monoisotopic (exact) mass is 373 g/mol. The third kappa shape index (κ3) is 4.07. The number of piperazine rings is 1. The lowest BCUT2D eigenvalue weighted by Gasteiger charge is -2.36. The zero-order chi connectivity index (χ0) is 19.6. The standard InChI is InChI=1S/C20H27N3O4/c1-14(2)19(25)22-12-10-21(11-13-22)18(24)8-9-23-16-6-4-5-7-17(16)27-15(3)20(23)26/h4-7,14-15H,8-13H2,1-3H3. The molecule has 3 rings (SSSR count). The number of benzene rings is 1. The first-order valence-corrected chi connectivity index (χ1v) is 9.52. The van der Waals surface area contributed by atoms with E-state index in [0.717, 1.165) is 0 Å². The molecule has 1 atom stereocenters. The van der Waals surface area contributed by atoms with Crippen LogP contribution in [0.5, 0.6) is 5.75 Å². The van der Waals surface area contributed by atoms with Crippen LogP contribution in [0.15, 0.2) is 24.3 Å². The predicted octanol–water partition coefficient (Wildman–Crippen LogP) is 1.52. The fourth-order valence-corrected chi connectivity index (χ4v) is 3.50. The van der Waals surface area contributed by atoms with Crippen LogP contribution in [0.1, 0.15) is 27.2 Å². The van der Waals surface area contributed by atoms with Gasteiger partial charge in [-0.25, -0.2) is 0 Å². The average Bonchev–Trinajstić information content (AvgIpc) is 2.67. The van der Waals surface area contributed by atoms with E-state index in [-0.39, 0.29) is 30.1 Å². The van der Waals surface area contributed by atoms with Gasteiger partial charge in [0.15, 0.2) is 6.10 Å². The molecule has 1 aromatic carbocycles. The van der Waals surface area contributed by atoms with Gasteiger partial charge in [-0.15, -0.1) is 0 Å². The maximum Gasteiger partial charge on any atom is 0.267 e. The van der Waals surface area contributed by atoms with Gasteiger partial charge in [0.25, 0.3) is 5.91 Å². The first-order valence-electron chi connectivity index (χ1n) is 9.52. The number of anilines is 1. The van der Waals surface area contributed by atoms with Gasteiger partial charge in [0, 0.05) is 45.1 Å². The highest BCUT2D eigenvalue weighted by molar-refractivity contribution is 6.00. The summed E-state index contributed by atoms with van der Waals surface area (Å²) in [6.45, 7) is 8.04. The number of ether oxygens (including phenoxy) is 1. The first kappa shape index (κ1) is 19.2. The molecule has 0 aliphatic carbocycles. The maximum absolute atomic E-state index is 12.6. The second-order valence-electron chi connectivity index (χ2n) is 7.33. The molecule has 0 N–H and O–H groups in total. The van der Waals surface area contributed by atoms with Crippen LogP contribution in [0.4, 0.5) is 5.69 Å². The van der Waals surface area contributed by atoms with Gasteiger partial charge < -0.3 is 19.4 Å². The quantitative estimate of drug-likeness (QED) is 0.802. The summed E-state index contributed by atoms with van der Waals surface area (Å²) in [6, 6.07) is 7.38. The molecule has 0 bridgehead atoms. The van der Waals surface area contributed by atoms with E-state index in [0.29, 0.717) is 44.2 Å². The number of rotatable bonds is 4. The van der Waals surface area contributed by atoms with Crippen molar-refractivity contribution in [3.63, 3.8) is 0 Å². The molecule has 3 amide bonds. The van der Waals surface area contributed by atoms with E-state index >= 15 is 0 Å². The van der Waals surface area contributed by atoms with E-state index in [2.05, 4.69) is 0 Å². The largest absolute Gasteiger partial charge is 0.479 e. The second kappa shape index (κ2) is 7.98. The Morgan fingerprint density at radius 3 is 2.41 bits per heavy atom. The topological polar surface area (TPSA) is 70.2 Å². The molecule has 0 radical (unpaired) electrons. The molecule has 1 unspecified atom stereocenters. The summed E-state index contributed by atoms with van der Waals surface area (Å²) >= 11 is 0. The highest BCUT2D eigenvalue weighted by Gasteiger charge is 2.32. The first-order chi connectivity index (χ1) is 12.9. The summed E-state index contributed by atoms with van der Waals surface area (Å²) in [5, 5.41) is 0. The Bertz CT molecular complexity index is 726. The van der Waals surface area contributed by atoms with Gasteiger partial charge in [0.2, 0.25) is 11.8 Å². The van der Waals surface area contributed by atoms with Gasteiger partial charge in [-0.1, -0.05) is 26.0 Å². The van der Waals surface area contributed by atoms with Crippen LogP contribution in [0.2, 0.25) is 0 Å². The third-order valence-corrected chi connectivity index (χ3v) is 5.06. The third-order valence-electron chi connectivity index (χ3n) is 5.06. The van der Waals surface area contributed by atoms with Crippen molar-refractivity contribution in [1.82, 2.24) is 9.80 Å². The number of amides is 3. The molecular weight excluding hydrogens is 346 g/mol. The minimum Gasteiger partial charge on any atom is -0.479 e. The molecule has 1 fully saturated rings. The number of hydrogen-bond donors (Lipinski definition) is 0. The smallest absolute Gasteiger partial charge is 0.267 e. The van der Waals surface area contributed by atoms with Crippen LogP contribution in [0.25, 0.3) is 0 Å². The fraction of sp³-hybridized carbons (Fsp3) is 0.550. The van der Waals surface area contributed by atoms with E-state index < -0.39 is 6.10 Å². The van der Waals surface area contributed by atoms with Crippen molar-refractivity contribution in [3.8, 4) is 5.75 Å². The van der Waals surface area contributed by atoms with Gasteiger partial charge in [-0.3, -0.25) is 14.4 Å². The zero-order valence-electron chi connectivity index (χ0n) is 16.2. The molecule has 0 spiro atoms. The Morgan fingerprint density at radius 2 is 1.74 bits per heavy atom. The maximum atomic E-state index is 12.6. The molecule has 2 aliphatic rings. The van der Waals surface area contributed by atoms with Gasteiger partial charge in [0.05, 0.1) is 5.69 Å². The van der Waals surface area contributed by atoms with Gasteiger partial charge in [0.1, 0.15) is 5.75 Å². The van der Waals surface area contributed by atoms with Crippen molar-refractivity contribution in [3.05, 3.63) is 24.3 Å². The van der Waals surface area contributed by atoms with Gasteiger partial charge in [-0.05, 0) is 19.1 Å². The number of para-hydroxylation sites is 2. The summed E-state index contributed by atoms with van der Waals surface area (Å²) < 4.78 is 5.63. The highest BCUT2D eigenvalue weighted by Crippen LogP contribution is 2.33. The molecule has 27 heavy (non-hydrogen) atoms. The van der Waals surface area contributed by atoms with Gasteiger partial charge >= 0.3 is 0 Å². The molecule has 0 saturated carbocycles. The fourth-order valence-electron chi connectivity index (χ4n) is 3.50. The lowest BCUT2D eigenvalue weighted by atomic mass is 10.1. The number of carbonyl (C=O) groups excluding carboxylic acids is 3. The number of fused-ring (bicyclic) bond motifs is 1. The van der Waals surface area contributed by atoms with Crippen LogP contribution in [-0.4, -0.2) is 66.3 Å².